The second-order valence-electron chi connectivity index (χ2n) is 1.85. The summed E-state index contributed by atoms with van der Waals surface area (Å²) in [5, 5.41) is 8.56. The third-order valence-electron chi connectivity index (χ3n) is 0.896. The van der Waals surface area contributed by atoms with Crippen molar-refractivity contribution in [2.75, 3.05) is 5.48 Å². The van der Waals surface area contributed by atoms with Crippen molar-refractivity contribution in [3.05, 3.63) is 6.20 Å². The fraction of sp³-hybridized carbons (Fsp3) is 0.250. The van der Waals surface area contributed by atoms with Crippen LogP contribution >= 0.6 is 0 Å². The van der Waals surface area contributed by atoms with Gasteiger partial charge in [-0.25, -0.2) is 4.79 Å². The Morgan fingerprint density at radius 1 is 1.62 bits per heavy atom. The van der Waals surface area contributed by atoms with Gasteiger partial charge in [0.05, 0.1) is 6.20 Å². The first-order valence-corrected chi connectivity index (χ1v) is 2.90. The van der Waals surface area contributed by atoms with E-state index in [0.717, 1.165) is 6.20 Å². The molecule has 6 nitrogen and oxygen atoms in total. The normalized spacial score (nSPS) is 11.0. The van der Waals surface area contributed by atoms with Crippen LogP contribution in [0.15, 0.2) is 6.20 Å². The molecule has 0 amide bonds. The maximum absolute atomic E-state index is 11.5. The maximum atomic E-state index is 11.5. The Morgan fingerprint density at radius 2 is 2.31 bits per heavy atom. The van der Waals surface area contributed by atoms with Crippen molar-refractivity contribution in [2.45, 2.75) is 6.18 Å². The van der Waals surface area contributed by atoms with Crippen molar-refractivity contribution in [1.82, 2.24) is 15.4 Å². The standard InChI is InChI=1S/C4H3F3N4O2/c5-4(6,7)3(12)13-10-2-1-8-11-9-2/h1H,(H2,8,9,10,11). The van der Waals surface area contributed by atoms with Gasteiger partial charge in [-0.3, -0.25) is 5.10 Å². The number of anilines is 1. The summed E-state index contributed by atoms with van der Waals surface area (Å²) in [6, 6.07) is 0. The second kappa shape index (κ2) is 3.29. The smallest absolute Gasteiger partial charge is 0.333 e. The Morgan fingerprint density at radius 3 is 2.77 bits per heavy atom. The van der Waals surface area contributed by atoms with Gasteiger partial charge < -0.3 is 4.84 Å². The molecule has 0 aromatic carbocycles. The van der Waals surface area contributed by atoms with Crippen LogP contribution in [0.1, 0.15) is 0 Å². The molecule has 1 heterocycles. The number of H-pyrrole nitrogens is 1. The Bertz CT molecular complexity index is 282. The Hall–Kier alpha value is -1.80. The molecule has 2 N–H and O–H groups in total. The topological polar surface area (TPSA) is 79.9 Å². The zero-order valence-electron chi connectivity index (χ0n) is 5.92. The van der Waals surface area contributed by atoms with Crippen LogP contribution in [-0.4, -0.2) is 27.6 Å². The fourth-order valence-corrected chi connectivity index (χ4v) is 0.408. The summed E-state index contributed by atoms with van der Waals surface area (Å²) in [4.78, 5) is 13.7. The van der Waals surface area contributed by atoms with Crippen LogP contribution < -0.4 is 5.48 Å². The fourth-order valence-electron chi connectivity index (χ4n) is 0.408. The monoisotopic (exact) mass is 196 g/mol. The Labute approximate surface area is 69.0 Å². The van der Waals surface area contributed by atoms with E-state index in [0.29, 0.717) is 0 Å². The molecule has 0 atom stereocenters. The summed E-state index contributed by atoms with van der Waals surface area (Å²) in [6.07, 6.45) is -3.92. The van der Waals surface area contributed by atoms with Crippen molar-refractivity contribution >= 4 is 11.8 Å². The maximum Gasteiger partial charge on any atom is 0.493 e. The summed E-state index contributed by atoms with van der Waals surface area (Å²) in [5.41, 5.74) is 1.66. The van der Waals surface area contributed by atoms with E-state index in [4.69, 9.17) is 0 Å². The van der Waals surface area contributed by atoms with Crippen LogP contribution in [0.4, 0.5) is 19.0 Å². The number of hydrogen-bond donors (Lipinski definition) is 2. The Kier molecular flexibility index (Phi) is 2.35. The van der Waals surface area contributed by atoms with Gasteiger partial charge in [-0.05, 0) is 0 Å². The van der Waals surface area contributed by atoms with Crippen LogP contribution in [0.2, 0.25) is 0 Å². The summed E-state index contributed by atoms with van der Waals surface area (Å²) in [7, 11) is 0. The number of hydrogen-bond acceptors (Lipinski definition) is 5. The number of rotatable bonds is 2. The van der Waals surface area contributed by atoms with E-state index < -0.39 is 12.1 Å². The molecule has 1 aromatic heterocycles. The van der Waals surface area contributed by atoms with E-state index >= 15 is 0 Å². The average Bonchev–Trinajstić information content (AvgIpc) is 2.50. The number of carbonyl (C=O) groups excluding carboxylic acids is 1. The minimum absolute atomic E-state index is 0.127. The highest BCUT2D eigenvalue weighted by atomic mass is 19.4. The number of carbonyl (C=O) groups is 1. The first-order chi connectivity index (χ1) is 6.00. The Balaban J connectivity index is 2.40. The molecular weight excluding hydrogens is 193 g/mol. The van der Waals surface area contributed by atoms with Gasteiger partial charge in [0.25, 0.3) is 0 Å². The van der Waals surface area contributed by atoms with E-state index in [1.54, 1.807) is 5.48 Å². The molecule has 0 aliphatic heterocycles. The predicted octanol–water partition coefficient (Wildman–Crippen LogP) is 0.237. The molecule has 0 bridgehead atoms. The minimum Gasteiger partial charge on any atom is -0.333 e. The van der Waals surface area contributed by atoms with Gasteiger partial charge in [-0.1, -0.05) is 5.21 Å². The lowest BCUT2D eigenvalue weighted by molar-refractivity contribution is -0.196. The van der Waals surface area contributed by atoms with E-state index in [1.165, 1.54) is 0 Å². The van der Waals surface area contributed by atoms with Crippen molar-refractivity contribution < 1.29 is 22.8 Å². The van der Waals surface area contributed by atoms with Gasteiger partial charge in [-0.2, -0.15) is 18.7 Å². The van der Waals surface area contributed by atoms with Gasteiger partial charge in [0.15, 0.2) is 0 Å². The highest BCUT2D eigenvalue weighted by Crippen LogP contribution is 2.16. The molecule has 72 valence electrons. The highest BCUT2D eigenvalue weighted by Gasteiger charge is 2.41. The largest absolute Gasteiger partial charge is 0.493 e. The summed E-state index contributed by atoms with van der Waals surface area (Å²) >= 11 is 0. The lowest BCUT2D eigenvalue weighted by atomic mass is 10.7. The van der Waals surface area contributed by atoms with Crippen LogP contribution in [0.25, 0.3) is 0 Å². The zero-order valence-corrected chi connectivity index (χ0v) is 5.92. The van der Waals surface area contributed by atoms with Crippen molar-refractivity contribution in [3.63, 3.8) is 0 Å². The molecule has 0 spiro atoms. The zero-order chi connectivity index (χ0) is 9.90. The van der Waals surface area contributed by atoms with Gasteiger partial charge in [0.1, 0.15) is 0 Å². The number of alkyl halides is 3. The molecule has 0 saturated carbocycles. The van der Waals surface area contributed by atoms with Crippen molar-refractivity contribution in [2.24, 2.45) is 0 Å². The third kappa shape index (κ3) is 2.61. The quantitative estimate of drug-likeness (QED) is 0.662. The van der Waals surface area contributed by atoms with Crippen LogP contribution in [0.3, 0.4) is 0 Å². The van der Waals surface area contributed by atoms with Gasteiger partial charge in [0, 0.05) is 0 Å². The molecule has 9 heteroatoms. The lowest BCUT2D eigenvalue weighted by Crippen LogP contribution is -2.27. The lowest BCUT2D eigenvalue weighted by Gasteiger charge is -2.05. The molecular formula is C4H3F3N4O2. The molecule has 0 aliphatic rings. The molecule has 0 radical (unpaired) electrons. The minimum atomic E-state index is -5.03. The van der Waals surface area contributed by atoms with Gasteiger partial charge >= 0.3 is 12.1 Å². The van der Waals surface area contributed by atoms with Crippen LogP contribution in [0, 0.1) is 0 Å². The van der Waals surface area contributed by atoms with Crippen molar-refractivity contribution in [1.29, 1.82) is 0 Å². The van der Waals surface area contributed by atoms with Gasteiger partial charge in [-0.15, -0.1) is 5.10 Å². The van der Waals surface area contributed by atoms with Crippen LogP contribution in [0.5, 0.6) is 0 Å². The molecule has 1 rings (SSSR count). The summed E-state index contributed by atoms with van der Waals surface area (Å²) < 4.78 is 34.6. The summed E-state index contributed by atoms with van der Waals surface area (Å²) in [5.74, 6) is -2.48. The average molecular weight is 196 g/mol. The molecule has 1 aromatic rings. The molecule has 0 fully saturated rings. The third-order valence-corrected chi connectivity index (χ3v) is 0.896. The molecule has 0 saturated heterocycles. The van der Waals surface area contributed by atoms with Gasteiger partial charge in [0.2, 0.25) is 5.82 Å². The predicted molar refractivity (Wildman–Crippen MR) is 32.2 cm³/mol. The molecule has 0 aliphatic carbocycles. The number of aromatic amines is 1. The highest BCUT2D eigenvalue weighted by molar-refractivity contribution is 5.76. The molecule has 0 unspecified atom stereocenters. The van der Waals surface area contributed by atoms with Crippen molar-refractivity contribution in [3.8, 4) is 0 Å². The molecule has 13 heavy (non-hydrogen) atoms. The number of nitrogens with zero attached hydrogens (tertiary/aromatic N) is 2. The van der Waals surface area contributed by atoms with E-state index in [1.807, 2.05) is 0 Å². The number of nitrogens with one attached hydrogen (secondary N) is 2. The van der Waals surface area contributed by atoms with E-state index in [9.17, 15) is 18.0 Å². The van der Waals surface area contributed by atoms with E-state index in [-0.39, 0.29) is 5.82 Å². The number of halogens is 3. The summed E-state index contributed by atoms with van der Waals surface area (Å²) in [6.45, 7) is 0. The number of aromatic nitrogens is 3. The van der Waals surface area contributed by atoms with Crippen LogP contribution in [-0.2, 0) is 9.63 Å². The first kappa shape index (κ1) is 9.29. The SMILES string of the molecule is O=C(ONc1c[nH]nn1)C(F)(F)F. The van der Waals surface area contributed by atoms with E-state index in [2.05, 4.69) is 20.2 Å². The second-order valence-corrected chi connectivity index (χ2v) is 1.85. The first-order valence-electron chi connectivity index (χ1n) is 2.90.